The molecule has 2 N–H and O–H groups in total. The molecule has 0 saturated carbocycles. The van der Waals surface area contributed by atoms with Crippen molar-refractivity contribution in [3.63, 3.8) is 0 Å². The average Bonchev–Trinajstić information content (AvgIpc) is 3.10. The molecule has 0 atom stereocenters. The van der Waals surface area contributed by atoms with Crippen molar-refractivity contribution in [1.82, 2.24) is 15.0 Å². The zero-order valence-corrected chi connectivity index (χ0v) is 16.4. The lowest BCUT2D eigenvalue weighted by Gasteiger charge is -2.11. The van der Waals surface area contributed by atoms with Crippen LogP contribution in [-0.2, 0) is 11.2 Å². The SMILES string of the molecule is CCOC(=O)c1cnc(SC)nc1NCCc1c[nH]c2cc(OC)ccc12. The standard InChI is InChI=1S/C19H22N4O3S/c1-4-26-18(24)15-11-22-19(27-3)23-17(15)20-8-7-12-10-21-16-9-13(25-2)5-6-14(12)16/h5-6,9-11,21H,4,7-8H2,1-3H3,(H,20,22,23). The van der Waals surface area contributed by atoms with E-state index in [9.17, 15) is 4.79 Å². The van der Waals surface area contributed by atoms with E-state index in [1.165, 1.54) is 23.5 Å². The molecular formula is C19H22N4O3S. The fourth-order valence-corrected chi connectivity index (χ4v) is 3.11. The van der Waals surface area contributed by atoms with Crippen LogP contribution in [-0.4, -0.2) is 47.4 Å². The minimum absolute atomic E-state index is 0.307. The molecular weight excluding hydrogens is 364 g/mol. The molecule has 7 nitrogen and oxygen atoms in total. The number of nitrogens with one attached hydrogen (secondary N) is 2. The lowest BCUT2D eigenvalue weighted by Crippen LogP contribution is -2.14. The van der Waals surface area contributed by atoms with E-state index >= 15 is 0 Å². The monoisotopic (exact) mass is 386 g/mol. The second kappa shape index (κ2) is 8.77. The molecule has 0 aliphatic carbocycles. The van der Waals surface area contributed by atoms with Crippen LogP contribution in [0.25, 0.3) is 10.9 Å². The number of thioether (sulfide) groups is 1. The number of aromatic nitrogens is 3. The highest BCUT2D eigenvalue weighted by molar-refractivity contribution is 7.98. The predicted molar refractivity (Wildman–Crippen MR) is 107 cm³/mol. The first kappa shape index (κ1) is 19.0. The van der Waals surface area contributed by atoms with Gasteiger partial charge in [0.05, 0.1) is 13.7 Å². The highest BCUT2D eigenvalue weighted by Gasteiger charge is 2.16. The number of hydrogen-bond acceptors (Lipinski definition) is 7. The molecule has 142 valence electrons. The van der Waals surface area contributed by atoms with Crippen LogP contribution in [0.5, 0.6) is 5.75 Å². The summed E-state index contributed by atoms with van der Waals surface area (Å²) >= 11 is 1.42. The summed E-state index contributed by atoms with van der Waals surface area (Å²) in [5.74, 6) is 0.889. The Bertz CT molecular complexity index is 942. The Kier molecular flexibility index (Phi) is 6.18. The van der Waals surface area contributed by atoms with Crippen molar-refractivity contribution in [2.45, 2.75) is 18.5 Å². The highest BCUT2D eigenvalue weighted by atomic mass is 32.2. The van der Waals surface area contributed by atoms with E-state index in [0.29, 0.717) is 29.7 Å². The fourth-order valence-electron chi connectivity index (χ4n) is 2.77. The molecule has 0 saturated heterocycles. The number of ether oxygens (including phenoxy) is 2. The van der Waals surface area contributed by atoms with E-state index in [2.05, 4.69) is 20.3 Å². The maximum absolute atomic E-state index is 12.1. The van der Waals surface area contributed by atoms with Gasteiger partial charge < -0.3 is 19.8 Å². The van der Waals surface area contributed by atoms with Gasteiger partial charge in [0.15, 0.2) is 5.16 Å². The van der Waals surface area contributed by atoms with Gasteiger partial charge in [0.1, 0.15) is 17.1 Å². The minimum atomic E-state index is -0.424. The number of aromatic amines is 1. The third kappa shape index (κ3) is 4.33. The van der Waals surface area contributed by atoms with Gasteiger partial charge >= 0.3 is 5.97 Å². The number of carbonyl (C=O) groups excluding carboxylic acids is 1. The van der Waals surface area contributed by atoms with E-state index < -0.39 is 5.97 Å². The van der Waals surface area contributed by atoms with Crippen LogP contribution >= 0.6 is 11.8 Å². The molecule has 27 heavy (non-hydrogen) atoms. The van der Waals surface area contributed by atoms with Gasteiger partial charge in [-0.1, -0.05) is 11.8 Å². The molecule has 0 unspecified atom stereocenters. The molecule has 0 aliphatic rings. The number of benzene rings is 1. The van der Waals surface area contributed by atoms with Gasteiger partial charge in [-0.15, -0.1) is 0 Å². The summed E-state index contributed by atoms with van der Waals surface area (Å²) < 4.78 is 10.3. The van der Waals surface area contributed by atoms with Crippen LogP contribution < -0.4 is 10.1 Å². The third-order valence-electron chi connectivity index (χ3n) is 4.11. The van der Waals surface area contributed by atoms with Gasteiger partial charge in [-0.05, 0) is 37.3 Å². The first-order chi connectivity index (χ1) is 13.2. The summed E-state index contributed by atoms with van der Waals surface area (Å²) in [6, 6.07) is 5.96. The Morgan fingerprint density at radius 2 is 2.22 bits per heavy atom. The quantitative estimate of drug-likeness (QED) is 0.348. The fraction of sp³-hybridized carbons (Fsp3) is 0.316. The Hall–Kier alpha value is -2.74. The van der Waals surface area contributed by atoms with Crippen LogP contribution in [0, 0.1) is 0 Å². The van der Waals surface area contributed by atoms with Crippen LogP contribution in [0.1, 0.15) is 22.8 Å². The number of hydrogen-bond donors (Lipinski definition) is 2. The molecule has 0 amide bonds. The van der Waals surface area contributed by atoms with Crippen molar-refractivity contribution in [2.75, 3.05) is 31.8 Å². The number of H-pyrrole nitrogens is 1. The maximum atomic E-state index is 12.1. The Morgan fingerprint density at radius 1 is 1.37 bits per heavy atom. The largest absolute Gasteiger partial charge is 0.497 e. The summed E-state index contributed by atoms with van der Waals surface area (Å²) in [6.07, 6.45) is 6.17. The summed E-state index contributed by atoms with van der Waals surface area (Å²) in [5.41, 5.74) is 2.55. The average molecular weight is 386 g/mol. The number of rotatable bonds is 8. The maximum Gasteiger partial charge on any atom is 0.343 e. The molecule has 0 bridgehead atoms. The predicted octanol–water partition coefficient (Wildman–Crippen LogP) is 3.52. The number of methoxy groups -OCH3 is 1. The van der Waals surface area contributed by atoms with E-state index in [4.69, 9.17) is 9.47 Å². The van der Waals surface area contributed by atoms with Crippen LogP contribution in [0.15, 0.2) is 35.7 Å². The Balaban J connectivity index is 1.74. The Morgan fingerprint density at radius 3 is 2.96 bits per heavy atom. The van der Waals surface area contributed by atoms with Gasteiger partial charge in [-0.25, -0.2) is 14.8 Å². The molecule has 0 radical (unpaired) electrons. The Labute approximate surface area is 161 Å². The number of anilines is 1. The molecule has 8 heteroatoms. The van der Waals surface area contributed by atoms with E-state index in [1.807, 2.05) is 30.7 Å². The van der Waals surface area contributed by atoms with E-state index in [0.717, 1.165) is 23.1 Å². The van der Waals surface area contributed by atoms with E-state index in [1.54, 1.807) is 14.0 Å². The first-order valence-corrected chi connectivity index (χ1v) is 9.84. The van der Waals surface area contributed by atoms with Crippen LogP contribution in [0.4, 0.5) is 5.82 Å². The second-order valence-corrected chi connectivity index (χ2v) is 6.52. The summed E-state index contributed by atoms with van der Waals surface area (Å²) in [7, 11) is 1.65. The molecule has 3 aromatic rings. The molecule has 2 aromatic heterocycles. The zero-order valence-electron chi connectivity index (χ0n) is 15.5. The normalized spacial score (nSPS) is 10.8. The molecule has 2 heterocycles. The number of esters is 1. The molecule has 0 spiro atoms. The minimum Gasteiger partial charge on any atom is -0.497 e. The van der Waals surface area contributed by atoms with Crippen LogP contribution in [0.2, 0.25) is 0 Å². The van der Waals surface area contributed by atoms with Crippen molar-refractivity contribution in [3.05, 3.63) is 41.7 Å². The number of carbonyl (C=O) groups is 1. The van der Waals surface area contributed by atoms with Crippen molar-refractivity contribution in [2.24, 2.45) is 0 Å². The van der Waals surface area contributed by atoms with Crippen molar-refractivity contribution in [1.29, 1.82) is 0 Å². The summed E-state index contributed by atoms with van der Waals surface area (Å²) in [4.78, 5) is 24.0. The van der Waals surface area contributed by atoms with Crippen molar-refractivity contribution < 1.29 is 14.3 Å². The molecule has 0 aliphatic heterocycles. The van der Waals surface area contributed by atoms with Gasteiger partial charge in [0.25, 0.3) is 0 Å². The van der Waals surface area contributed by atoms with E-state index in [-0.39, 0.29) is 0 Å². The summed E-state index contributed by atoms with van der Waals surface area (Å²) in [5, 5.41) is 5.00. The van der Waals surface area contributed by atoms with Crippen molar-refractivity contribution in [3.8, 4) is 5.75 Å². The summed E-state index contributed by atoms with van der Waals surface area (Å²) in [6.45, 7) is 2.70. The van der Waals surface area contributed by atoms with Crippen LogP contribution in [0.3, 0.4) is 0 Å². The van der Waals surface area contributed by atoms with Gasteiger partial charge in [0, 0.05) is 35.9 Å². The van der Waals surface area contributed by atoms with Gasteiger partial charge in [0.2, 0.25) is 0 Å². The second-order valence-electron chi connectivity index (χ2n) is 5.74. The lowest BCUT2D eigenvalue weighted by atomic mass is 10.1. The molecule has 3 rings (SSSR count). The topological polar surface area (TPSA) is 89.1 Å². The smallest absolute Gasteiger partial charge is 0.343 e. The van der Waals surface area contributed by atoms with Crippen molar-refractivity contribution >= 4 is 34.5 Å². The zero-order chi connectivity index (χ0) is 19.2. The highest BCUT2D eigenvalue weighted by Crippen LogP contribution is 2.24. The molecule has 1 aromatic carbocycles. The lowest BCUT2D eigenvalue weighted by molar-refractivity contribution is 0.0526. The van der Waals surface area contributed by atoms with Gasteiger partial charge in [-0.2, -0.15) is 0 Å². The van der Waals surface area contributed by atoms with Gasteiger partial charge in [-0.3, -0.25) is 0 Å². The first-order valence-electron chi connectivity index (χ1n) is 8.62. The number of nitrogens with zero attached hydrogens (tertiary/aromatic N) is 2. The third-order valence-corrected chi connectivity index (χ3v) is 4.67. The number of fused-ring (bicyclic) bond motifs is 1. The molecule has 0 fully saturated rings.